The summed E-state index contributed by atoms with van der Waals surface area (Å²) in [7, 11) is 1.36. The third-order valence-electron chi connectivity index (χ3n) is 1.75. The highest BCUT2D eigenvalue weighted by Gasteiger charge is 2.09. The SMILES string of the molecule is COC(=O)CNC(C)c1ccco1. The van der Waals surface area contributed by atoms with Crippen molar-refractivity contribution in [3.63, 3.8) is 0 Å². The van der Waals surface area contributed by atoms with Crippen LogP contribution in [-0.4, -0.2) is 19.6 Å². The molecule has 1 N–H and O–H groups in total. The number of esters is 1. The largest absolute Gasteiger partial charge is 0.468 e. The average molecular weight is 183 g/mol. The molecular weight excluding hydrogens is 170 g/mol. The minimum atomic E-state index is -0.279. The third-order valence-corrected chi connectivity index (χ3v) is 1.75. The van der Waals surface area contributed by atoms with Gasteiger partial charge >= 0.3 is 5.97 Å². The van der Waals surface area contributed by atoms with Crippen molar-refractivity contribution in [2.45, 2.75) is 13.0 Å². The molecule has 0 aliphatic rings. The molecule has 0 bridgehead atoms. The molecule has 0 spiro atoms. The van der Waals surface area contributed by atoms with Gasteiger partial charge in [-0.3, -0.25) is 10.1 Å². The molecule has 1 aromatic rings. The lowest BCUT2D eigenvalue weighted by Gasteiger charge is -2.09. The Kier molecular flexibility index (Phi) is 3.52. The Bertz CT molecular complexity index is 256. The quantitative estimate of drug-likeness (QED) is 0.710. The van der Waals surface area contributed by atoms with Gasteiger partial charge in [-0.05, 0) is 19.1 Å². The second kappa shape index (κ2) is 4.67. The molecule has 4 nitrogen and oxygen atoms in total. The van der Waals surface area contributed by atoms with E-state index in [-0.39, 0.29) is 18.6 Å². The van der Waals surface area contributed by atoms with E-state index in [1.807, 2.05) is 19.1 Å². The number of hydrogen-bond donors (Lipinski definition) is 1. The van der Waals surface area contributed by atoms with Crippen LogP contribution in [0, 0.1) is 0 Å². The van der Waals surface area contributed by atoms with Crippen molar-refractivity contribution in [3.05, 3.63) is 24.2 Å². The topological polar surface area (TPSA) is 51.5 Å². The molecule has 0 aliphatic carbocycles. The van der Waals surface area contributed by atoms with Crippen LogP contribution in [0.1, 0.15) is 18.7 Å². The monoisotopic (exact) mass is 183 g/mol. The Morgan fingerprint density at radius 3 is 3.08 bits per heavy atom. The first-order valence-electron chi connectivity index (χ1n) is 4.07. The molecule has 72 valence electrons. The second-order valence-corrected chi connectivity index (χ2v) is 2.69. The van der Waals surface area contributed by atoms with Crippen LogP contribution in [0.4, 0.5) is 0 Å². The van der Waals surface area contributed by atoms with Gasteiger partial charge in [0.1, 0.15) is 5.76 Å². The van der Waals surface area contributed by atoms with Crippen molar-refractivity contribution in [2.24, 2.45) is 0 Å². The van der Waals surface area contributed by atoms with Gasteiger partial charge in [-0.1, -0.05) is 0 Å². The zero-order valence-corrected chi connectivity index (χ0v) is 7.74. The Hall–Kier alpha value is -1.29. The molecule has 0 amide bonds. The molecule has 0 saturated heterocycles. The molecule has 1 rings (SSSR count). The summed E-state index contributed by atoms with van der Waals surface area (Å²) < 4.78 is 9.63. The lowest BCUT2D eigenvalue weighted by molar-refractivity contribution is -0.139. The highest BCUT2D eigenvalue weighted by atomic mass is 16.5. The number of nitrogens with one attached hydrogen (secondary N) is 1. The van der Waals surface area contributed by atoms with E-state index in [1.54, 1.807) is 6.26 Å². The number of furan rings is 1. The molecule has 1 atom stereocenters. The van der Waals surface area contributed by atoms with E-state index in [9.17, 15) is 4.79 Å². The van der Waals surface area contributed by atoms with Crippen molar-refractivity contribution in [3.8, 4) is 0 Å². The summed E-state index contributed by atoms with van der Waals surface area (Å²) in [4.78, 5) is 10.8. The zero-order valence-electron chi connectivity index (χ0n) is 7.74. The standard InChI is InChI=1S/C9H13NO3/c1-7(8-4-3-5-13-8)10-6-9(11)12-2/h3-5,7,10H,6H2,1-2H3. The van der Waals surface area contributed by atoms with Crippen LogP contribution in [-0.2, 0) is 9.53 Å². The first-order valence-corrected chi connectivity index (χ1v) is 4.07. The lowest BCUT2D eigenvalue weighted by atomic mass is 10.2. The summed E-state index contributed by atoms with van der Waals surface area (Å²) >= 11 is 0. The second-order valence-electron chi connectivity index (χ2n) is 2.69. The van der Waals surface area contributed by atoms with Gasteiger partial charge in [0.15, 0.2) is 0 Å². The lowest BCUT2D eigenvalue weighted by Crippen LogP contribution is -2.26. The number of methoxy groups -OCH3 is 1. The Balaban J connectivity index is 2.34. The van der Waals surface area contributed by atoms with Crippen molar-refractivity contribution < 1.29 is 13.9 Å². The summed E-state index contributed by atoms with van der Waals surface area (Å²) in [5.74, 6) is 0.530. The summed E-state index contributed by atoms with van der Waals surface area (Å²) in [6.45, 7) is 2.11. The van der Waals surface area contributed by atoms with Gasteiger partial charge in [-0.2, -0.15) is 0 Å². The number of ether oxygens (including phenoxy) is 1. The van der Waals surface area contributed by atoms with E-state index in [0.717, 1.165) is 5.76 Å². The number of hydrogen-bond acceptors (Lipinski definition) is 4. The predicted molar refractivity (Wildman–Crippen MR) is 47.1 cm³/mol. The molecule has 13 heavy (non-hydrogen) atoms. The van der Waals surface area contributed by atoms with E-state index in [4.69, 9.17) is 4.42 Å². The number of rotatable bonds is 4. The van der Waals surface area contributed by atoms with E-state index in [1.165, 1.54) is 7.11 Å². The van der Waals surface area contributed by atoms with Gasteiger partial charge in [0, 0.05) is 0 Å². The van der Waals surface area contributed by atoms with Crippen LogP contribution in [0.15, 0.2) is 22.8 Å². The van der Waals surface area contributed by atoms with Crippen LogP contribution in [0.25, 0.3) is 0 Å². The Labute approximate surface area is 76.9 Å². The summed E-state index contributed by atoms with van der Waals surface area (Å²) in [6, 6.07) is 3.69. The van der Waals surface area contributed by atoms with Gasteiger partial charge < -0.3 is 9.15 Å². The van der Waals surface area contributed by atoms with Crippen molar-refractivity contribution in [1.82, 2.24) is 5.32 Å². The van der Waals surface area contributed by atoms with Crippen molar-refractivity contribution >= 4 is 5.97 Å². The van der Waals surface area contributed by atoms with E-state index < -0.39 is 0 Å². The van der Waals surface area contributed by atoms with Gasteiger partial charge in [0.05, 0.1) is 26.0 Å². The molecule has 0 fully saturated rings. The van der Waals surface area contributed by atoms with Gasteiger partial charge in [0.2, 0.25) is 0 Å². The maximum absolute atomic E-state index is 10.8. The summed E-state index contributed by atoms with van der Waals surface area (Å²) in [6.07, 6.45) is 1.60. The third kappa shape index (κ3) is 2.91. The van der Waals surface area contributed by atoms with E-state index >= 15 is 0 Å². The van der Waals surface area contributed by atoms with E-state index in [2.05, 4.69) is 10.1 Å². The fourth-order valence-corrected chi connectivity index (χ4v) is 0.947. The first-order chi connectivity index (χ1) is 6.24. The van der Waals surface area contributed by atoms with Crippen LogP contribution in [0.3, 0.4) is 0 Å². The zero-order chi connectivity index (χ0) is 9.68. The molecule has 1 heterocycles. The normalized spacial score (nSPS) is 12.5. The molecule has 0 radical (unpaired) electrons. The van der Waals surface area contributed by atoms with Gasteiger partial charge in [-0.15, -0.1) is 0 Å². The van der Waals surface area contributed by atoms with Crippen LogP contribution < -0.4 is 5.32 Å². The maximum Gasteiger partial charge on any atom is 0.319 e. The number of carbonyl (C=O) groups is 1. The highest BCUT2D eigenvalue weighted by molar-refractivity contribution is 5.71. The summed E-state index contributed by atoms with van der Waals surface area (Å²) in [5.41, 5.74) is 0. The predicted octanol–water partition coefficient (Wildman–Crippen LogP) is 1.10. The maximum atomic E-state index is 10.8. The average Bonchev–Trinajstić information content (AvgIpc) is 2.66. The molecule has 4 heteroatoms. The highest BCUT2D eigenvalue weighted by Crippen LogP contribution is 2.11. The van der Waals surface area contributed by atoms with Crippen molar-refractivity contribution in [1.29, 1.82) is 0 Å². The summed E-state index contributed by atoms with van der Waals surface area (Å²) in [5, 5.41) is 2.97. The Morgan fingerprint density at radius 2 is 2.54 bits per heavy atom. The van der Waals surface area contributed by atoms with Gasteiger partial charge in [0.25, 0.3) is 0 Å². The van der Waals surface area contributed by atoms with Crippen LogP contribution >= 0.6 is 0 Å². The van der Waals surface area contributed by atoms with Crippen LogP contribution in [0.2, 0.25) is 0 Å². The fourth-order valence-electron chi connectivity index (χ4n) is 0.947. The van der Waals surface area contributed by atoms with Crippen molar-refractivity contribution in [2.75, 3.05) is 13.7 Å². The Morgan fingerprint density at radius 1 is 1.77 bits per heavy atom. The van der Waals surface area contributed by atoms with Crippen LogP contribution in [0.5, 0.6) is 0 Å². The number of carbonyl (C=O) groups excluding carboxylic acids is 1. The minimum Gasteiger partial charge on any atom is -0.468 e. The van der Waals surface area contributed by atoms with Gasteiger partial charge in [-0.25, -0.2) is 0 Å². The fraction of sp³-hybridized carbons (Fsp3) is 0.444. The molecular formula is C9H13NO3. The first kappa shape index (κ1) is 9.80. The molecule has 0 saturated carbocycles. The molecule has 1 unspecified atom stereocenters. The smallest absolute Gasteiger partial charge is 0.319 e. The molecule has 1 aromatic heterocycles. The molecule has 0 aromatic carbocycles. The molecule has 0 aliphatic heterocycles. The van der Waals surface area contributed by atoms with E-state index in [0.29, 0.717) is 0 Å². The minimum absolute atomic E-state index is 0.0223.